The van der Waals surface area contributed by atoms with Crippen LogP contribution in [0.4, 0.5) is 0 Å². The van der Waals surface area contributed by atoms with E-state index in [0.717, 1.165) is 38.4 Å². The van der Waals surface area contributed by atoms with E-state index in [1.165, 1.54) is 11.6 Å². The van der Waals surface area contributed by atoms with Crippen LogP contribution in [0.5, 0.6) is 0 Å². The van der Waals surface area contributed by atoms with Crippen LogP contribution >= 0.6 is 0 Å². The molecule has 2 aliphatic rings. The predicted octanol–water partition coefficient (Wildman–Crippen LogP) is 2.33. The van der Waals surface area contributed by atoms with Crippen LogP contribution in [0.3, 0.4) is 0 Å². The van der Waals surface area contributed by atoms with Gasteiger partial charge in [0.1, 0.15) is 6.29 Å². The third-order valence-electron chi connectivity index (χ3n) is 5.00. The molecule has 22 heavy (non-hydrogen) atoms. The zero-order valence-electron chi connectivity index (χ0n) is 13.6. The summed E-state index contributed by atoms with van der Waals surface area (Å²) in [7, 11) is 3.59. The SMILES string of the molecule is CN(C)C(=O)CCCCC1=C[C@H]2C[C@@H](O)[C@H](C=CC=O)[C@H]2C1. The Morgan fingerprint density at radius 2 is 2.18 bits per heavy atom. The maximum Gasteiger partial charge on any atom is 0.222 e. The van der Waals surface area contributed by atoms with Gasteiger partial charge in [0.05, 0.1) is 6.10 Å². The minimum Gasteiger partial charge on any atom is -0.392 e. The van der Waals surface area contributed by atoms with Gasteiger partial charge >= 0.3 is 0 Å². The molecule has 0 aliphatic heterocycles. The average Bonchev–Trinajstić information content (AvgIpc) is 2.98. The molecule has 2 rings (SSSR count). The Morgan fingerprint density at radius 3 is 2.86 bits per heavy atom. The highest BCUT2D eigenvalue weighted by atomic mass is 16.3. The van der Waals surface area contributed by atoms with Gasteiger partial charge in [-0.25, -0.2) is 0 Å². The summed E-state index contributed by atoms with van der Waals surface area (Å²) in [4.78, 5) is 23.7. The summed E-state index contributed by atoms with van der Waals surface area (Å²) in [5.74, 6) is 1.21. The minimum absolute atomic E-state index is 0.110. The van der Waals surface area contributed by atoms with Gasteiger partial charge in [-0.1, -0.05) is 17.7 Å². The molecule has 1 amide bonds. The number of nitrogens with zero attached hydrogens (tertiary/aromatic N) is 1. The number of carbonyl (C=O) groups is 2. The number of allylic oxidation sites excluding steroid dienone is 3. The molecule has 0 aromatic carbocycles. The van der Waals surface area contributed by atoms with E-state index in [1.807, 2.05) is 6.08 Å². The third kappa shape index (κ3) is 4.07. The highest BCUT2D eigenvalue weighted by Gasteiger charge is 2.43. The Labute approximate surface area is 132 Å². The van der Waals surface area contributed by atoms with E-state index < -0.39 is 0 Å². The van der Waals surface area contributed by atoms with Gasteiger partial charge in [0.15, 0.2) is 0 Å². The third-order valence-corrected chi connectivity index (χ3v) is 5.00. The zero-order chi connectivity index (χ0) is 16.1. The van der Waals surface area contributed by atoms with Crippen LogP contribution in [0, 0.1) is 17.8 Å². The van der Waals surface area contributed by atoms with Crippen molar-refractivity contribution in [3.05, 3.63) is 23.8 Å². The fraction of sp³-hybridized carbons (Fsp3) is 0.667. The number of rotatable bonds is 7. The zero-order valence-corrected chi connectivity index (χ0v) is 13.6. The standard InChI is InChI=1S/C18H27NO3/c1-19(2)18(22)8-4-3-6-13-10-14-12-17(21)15(7-5-9-20)16(14)11-13/h5,7,9-10,14-17,21H,3-4,6,8,11-12H2,1-2H3/t14-,15+,16-,17+/m0/s1. The molecule has 0 heterocycles. The van der Waals surface area contributed by atoms with Gasteiger partial charge in [-0.15, -0.1) is 0 Å². The molecule has 0 aromatic rings. The number of aldehydes is 1. The van der Waals surface area contributed by atoms with Gasteiger partial charge in [-0.2, -0.15) is 0 Å². The first-order valence-electron chi connectivity index (χ1n) is 8.22. The lowest BCUT2D eigenvalue weighted by atomic mass is 9.89. The van der Waals surface area contributed by atoms with E-state index in [0.29, 0.717) is 18.3 Å². The van der Waals surface area contributed by atoms with Gasteiger partial charge in [0.2, 0.25) is 5.91 Å². The van der Waals surface area contributed by atoms with Crippen molar-refractivity contribution in [1.29, 1.82) is 0 Å². The molecule has 4 heteroatoms. The highest BCUT2D eigenvalue weighted by Crippen LogP contribution is 2.48. The fourth-order valence-electron chi connectivity index (χ4n) is 3.82. The number of hydrogen-bond acceptors (Lipinski definition) is 3. The smallest absolute Gasteiger partial charge is 0.222 e. The molecule has 4 nitrogen and oxygen atoms in total. The number of hydrogen-bond donors (Lipinski definition) is 1. The van der Waals surface area contributed by atoms with Crippen molar-refractivity contribution in [3.63, 3.8) is 0 Å². The van der Waals surface area contributed by atoms with Crippen LogP contribution in [-0.4, -0.2) is 42.4 Å². The molecule has 1 saturated carbocycles. The first kappa shape index (κ1) is 16.9. The van der Waals surface area contributed by atoms with Crippen LogP contribution in [-0.2, 0) is 9.59 Å². The second-order valence-electron chi connectivity index (χ2n) is 6.75. The fourth-order valence-corrected chi connectivity index (χ4v) is 3.82. The molecule has 4 atom stereocenters. The first-order chi connectivity index (χ1) is 10.5. The molecular weight excluding hydrogens is 278 g/mol. The summed E-state index contributed by atoms with van der Waals surface area (Å²) in [5.41, 5.74) is 1.46. The van der Waals surface area contributed by atoms with Crippen molar-refractivity contribution in [2.45, 2.75) is 44.6 Å². The van der Waals surface area contributed by atoms with Crippen molar-refractivity contribution in [1.82, 2.24) is 4.90 Å². The van der Waals surface area contributed by atoms with Gasteiger partial charge in [0, 0.05) is 26.4 Å². The van der Waals surface area contributed by atoms with Gasteiger partial charge in [-0.05, 0) is 50.0 Å². The number of aliphatic hydroxyl groups excluding tert-OH is 1. The average molecular weight is 305 g/mol. The molecule has 122 valence electrons. The second-order valence-corrected chi connectivity index (χ2v) is 6.75. The summed E-state index contributed by atoms with van der Waals surface area (Å²) >= 11 is 0. The Morgan fingerprint density at radius 1 is 1.41 bits per heavy atom. The van der Waals surface area contributed by atoms with Crippen molar-refractivity contribution in [2.24, 2.45) is 17.8 Å². The Balaban J connectivity index is 1.77. The lowest BCUT2D eigenvalue weighted by molar-refractivity contribution is -0.128. The van der Waals surface area contributed by atoms with E-state index >= 15 is 0 Å². The normalized spacial score (nSPS) is 30.4. The van der Waals surface area contributed by atoms with Crippen LogP contribution in [0.15, 0.2) is 23.8 Å². The molecule has 0 spiro atoms. The summed E-state index contributed by atoms with van der Waals surface area (Å²) in [6, 6.07) is 0. The van der Waals surface area contributed by atoms with Gasteiger partial charge in [0.25, 0.3) is 0 Å². The molecule has 0 aromatic heterocycles. The highest BCUT2D eigenvalue weighted by molar-refractivity contribution is 5.75. The lowest BCUT2D eigenvalue weighted by Crippen LogP contribution is -2.21. The maximum atomic E-state index is 11.5. The van der Waals surface area contributed by atoms with E-state index in [4.69, 9.17) is 0 Å². The Hall–Kier alpha value is -1.42. The van der Waals surface area contributed by atoms with Crippen LogP contribution < -0.4 is 0 Å². The summed E-state index contributed by atoms with van der Waals surface area (Å²) in [6.07, 6.45) is 11.7. The minimum atomic E-state index is -0.318. The monoisotopic (exact) mass is 305 g/mol. The Kier molecular flexibility index (Phi) is 5.95. The largest absolute Gasteiger partial charge is 0.392 e. The molecule has 0 radical (unpaired) electrons. The quantitative estimate of drug-likeness (QED) is 0.340. The summed E-state index contributed by atoms with van der Waals surface area (Å²) < 4.78 is 0. The molecule has 2 aliphatic carbocycles. The summed E-state index contributed by atoms with van der Waals surface area (Å²) in [5, 5.41) is 10.1. The van der Waals surface area contributed by atoms with Crippen molar-refractivity contribution < 1.29 is 14.7 Å². The predicted molar refractivity (Wildman–Crippen MR) is 86.2 cm³/mol. The van der Waals surface area contributed by atoms with Gasteiger partial charge in [-0.3, -0.25) is 9.59 Å². The molecule has 0 unspecified atom stereocenters. The molecular formula is C18H27NO3. The Bertz CT molecular complexity index is 467. The van der Waals surface area contributed by atoms with Crippen LogP contribution in [0.25, 0.3) is 0 Å². The second kappa shape index (κ2) is 7.73. The molecule has 1 N–H and O–H groups in total. The number of aliphatic hydroxyl groups is 1. The van der Waals surface area contributed by atoms with Crippen LogP contribution in [0.2, 0.25) is 0 Å². The molecule has 0 bridgehead atoms. The summed E-state index contributed by atoms with van der Waals surface area (Å²) in [6.45, 7) is 0. The van der Waals surface area contributed by atoms with E-state index in [-0.39, 0.29) is 17.9 Å². The van der Waals surface area contributed by atoms with Crippen LogP contribution in [0.1, 0.15) is 38.5 Å². The van der Waals surface area contributed by atoms with Crippen molar-refractivity contribution in [3.8, 4) is 0 Å². The first-order valence-corrected chi connectivity index (χ1v) is 8.22. The lowest BCUT2D eigenvalue weighted by Gasteiger charge is -2.17. The van der Waals surface area contributed by atoms with Crippen molar-refractivity contribution >= 4 is 12.2 Å². The number of carbonyl (C=O) groups excluding carboxylic acids is 2. The topological polar surface area (TPSA) is 57.6 Å². The van der Waals surface area contributed by atoms with Gasteiger partial charge < -0.3 is 10.0 Å². The number of amides is 1. The molecule has 0 saturated heterocycles. The van der Waals surface area contributed by atoms with E-state index in [2.05, 4.69) is 6.08 Å². The number of unbranched alkanes of at least 4 members (excludes halogenated alkanes) is 1. The van der Waals surface area contributed by atoms with E-state index in [1.54, 1.807) is 19.0 Å². The maximum absolute atomic E-state index is 11.5. The van der Waals surface area contributed by atoms with E-state index in [9.17, 15) is 14.7 Å². The van der Waals surface area contributed by atoms with Crippen molar-refractivity contribution in [2.75, 3.05) is 14.1 Å². The number of fused-ring (bicyclic) bond motifs is 1. The molecule has 1 fully saturated rings.